The van der Waals surface area contributed by atoms with Gasteiger partial charge in [0.1, 0.15) is 5.65 Å². The molecule has 4 heteroatoms. The molecular weight excluding hydrogens is 560 g/mol. The molecule has 0 radical (unpaired) electrons. The summed E-state index contributed by atoms with van der Waals surface area (Å²) in [7, 11) is 0. The summed E-state index contributed by atoms with van der Waals surface area (Å²) in [5, 5.41) is 1.42. The first-order valence-corrected chi connectivity index (χ1v) is 17.3. The lowest BCUT2D eigenvalue weighted by Crippen LogP contribution is -2.11. The molecular formula is C42H44N4. The van der Waals surface area contributed by atoms with Crippen LogP contribution in [0.5, 0.6) is 0 Å². The molecule has 46 heavy (non-hydrogen) atoms. The number of fused-ring (bicyclic) bond motifs is 5. The number of hydrogen-bond acceptors (Lipinski definition) is 1. The Kier molecular flexibility index (Phi) is 7.52. The summed E-state index contributed by atoms with van der Waals surface area (Å²) in [4.78, 5) is 5.21. The van der Waals surface area contributed by atoms with Crippen LogP contribution in [0.3, 0.4) is 0 Å². The minimum atomic E-state index is 0.790. The Morgan fingerprint density at radius 1 is 0.761 bits per heavy atom. The molecule has 4 heterocycles. The number of pyridine rings is 1. The van der Waals surface area contributed by atoms with Gasteiger partial charge in [0.25, 0.3) is 0 Å². The van der Waals surface area contributed by atoms with Crippen molar-refractivity contribution >= 4 is 16.6 Å². The summed E-state index contributed by atoms with van der Waals surface area (Å²) >= 11 is 0. The lowest BCUT2D eigenvalue weighted by molar-refractivity contribution is 0.660. The molecule has 4 aromatic heterocycles. The second-order valence-electron chi connectivity index (χ2n) is 13.3. The van der Waals surface area contributed by atoms with Crippen LogP contribution in [0.1, 0.15) is 83.3 Å². The van der Waals surface area contributed by atoms with Crippen LogP contribution in [-0.4, -0.2) is 18.5 Å². The van der Waals surface area contributed by atoms with E-state index in [2.05, 4.69) is 125 Å². The highest BCUT2D eigenvalue weighted by atomic mass is 15.0. The first-order chi connectivity index (χ1) is 22.6. The fourth-order valence-corrected chi connectivity index (χ4v) is 8.30. The van der Waals surface area contributed by atoms with Gasteiger partial charge in [-0.3, -0.25) is 0 Å². The molecule has 2 aromatic carbocycles. The van der Waals surface area contributed by atoms with E-state index in [4.69, 9.17) is 4.98 Å². The van der Waals surface area contributed by atoms with Gasteiger partial charge in [-0.1, -0.05) is 48.6 Å². The fraction of sp³-hybridized carbons (Fsp3) is 0.310. The van der Waals surface area contributed by atoms with Gasteiger partial charge in [-0.05, 0) is 131 Å². The summed E-state index contributed by atoms with van der Waals surface area (Å²) < 4.78 is 7.46. The molecule has 2 aliphatic rings. The van der Waals surface area contributed by atoms with Crippen molar-refractivity contribution in [1.29, 1.82) is 0 Å². The SMILES string of the molecule is C/C=C\C=C/Cc1c(Cc2cc(-n3c(C)c(C)c4c3CCCC4)cc(-n3c4c(c5ccccc53)CCCC4)c2)nc2ccccn12. The van der Waals surface area contributed by atoms with Crippen LogP contribution in [0.2, 0.25) is 0 Å². The Bertz CT molecular complexity index is 2140. The van der Waals surface area contributed by atoms with Crippen molar-refractivity contribution in [3.8, 4) is 11.4 Å². The average molecular weight is 605 g/mol. The molecule has 0 bridgehead atoms. The molecule has 0 fully saturated rings. The summed E-state index contributed by atoms with van der Waals surface area (Å²) in [5.41, 5.74) is 17.7. The number of benzene rings is 2. The third-order valence-corrected chi connectivity index (χ3v) is 10.5. The standard InChI is InChI=1S/C42H44N4/c1-4-5-6-7-22-41-37(43-42-23-14-15-24-44(41)42)27-31-25-32(45-30(3)29(2)34-16-8-11-19-38(34)45)28-33(26-31)46-39-20-12-9-17-35(39)36-18-10-13-21-40(36)46/h4-7,9,12,14-15,17,20,23-26,28H,8,10-11,13,16,18-19,21-22,27H2,1-3H3/b5-4-,7-6-. The largest absolute Gasteiger partial charge is 0.318 e. The summed E-state index contributed by atoms with van der Waals surface area (Å²) in [5.74, 6) is 0. The van der Waals surface area contributed by atoms with Crippen molar-refractivity contribution < 1.29 is 0 Å². The number of para-hydroxylation sites is 1. The Balaban J connectivity index is 1.34. The van der Waals surface area contributed by atoms with Crippen molar-refractivity contribution in [3.05, 3.63) is 142 Å². The van der Waals surface area contributed by atoms with Crippen molar-refractivity contribution in [2.75, 3.05) is 0 Å². The summed E-state index contributed by atoms with van der Waals surface area (Å²) in [6.07, 6.45) is 22.1. The number of hydrogen-bond donors (Lipinski definition) is 0. The van der Waals surface area contributed by atoms with Gasteiger partial charge in [0.15, 0.2) is 0 Å². The molecule has 0 N–H and O–H groups in total. The maximum atomic E-state index is 5.21. The van der Waals surface area contributed by atoms with Crippen LogP contribution in [0, 0.1) is 13.8 Å². The normalized spacial score (nSPS) is 15.0. The van der Waals surface area contributed by atoms with Crippen molar-refractivity contribution in [2.24, 2.45) is 0 Å². The zero-order valence-electron chi connectivity index (χ0n) is 27.5. The first kappa shape index (κ1) is 28.9. The van der Waals surface area contributed by atoms with Crippen molar-refractivity contribution in [1.82, 2.24) is 18.5 Å². The Morgan fingerprint density at radius 2 is 1.48 bits per heavy atom. The molecule has 0 amide bonds. The number of aryl methyl sites for hydroxylation is 1. The van der Waals surface area contributed by atoms with Gasteiger partial charge >= 0.3 is 0 Å². The highest BCUT2D eigenvalue weighted by Gasteiger charge is 2.25. The van der Waals surface area contributed by atoms with Gasteiger partial charge < -0.3 is 13.5 Å². The van der Waals surface area contributed by atoms with E-state index >= 15 is 0 Å². The molecule has 0 unspecified atom stereocenters. The van der Waals surface area contributed by atoms with Crippen LogP contribution in [0.25, 0.3) is 27.9 Å². The second-order valence-corrected chi connectivity index (χ2v) is 13.3. The molecule has 0 spiro atoms. The van der Waals surface area contributed by atoms with E-state index in [9.17, 15) is 0 Å². The van der Waals surface area contributed by atoms with E-state index in [1.807, 2.05) is 0 Å². The van der Waals surface area contributed by atoms with Gasteiger partial charge in [-0.15, -0.1) is 0 Å². The van der Waals surface area contributed by atoms with Crippen molar-refractivity contribution in [3.63, 3.8) is 0 Å². The minimum Gasteiger partial charge on any atom is -0.318 e. The van der Waals surface area contributed by atoms with Crippen LogP contribution < -0.4 is 0 Å². The Hall–Kier alpha value is -4.57. The topological polar surface area (TPSA) is 27.2 Å². The number of aromatic nitrogens is 4. The van der Waals surface area contributed by atoms with E-state index in [-0.39, 0.29) is 0 Å². The third-order valence-electron chi connectivity index (χ3n) is 10.5. The maximum Gasteiger partial charge on any atom is 0.137 e. The number of nitrogens with zero attached hydrogens (tertiary/aromatic N) is 4. The fourth-order valence-electron chi connectivity index (χ4n) is 8.30. The van der Waals surface area contributed by atoms with E-state index in [1.165, 1.54) is 94.7 Å². The summed E-state index contributed by atoms with van der Waals surface area (Å²) in [6.45, 7) is 6.72. The summed E-state index contributed by atoms with van der Waals surface area (Å²) in [6, 6.07) is 22.8. The lowest BCUT2D eigenvalue weighted by atomic mass is 9.95. The third kappa shape index (κ3) is 4.86. The average Bonchev–Trinajstić information content (AvgIpc) is 3.70. The molecule has 6 aromatic rings. The van der Waals surface area contributed by atoms with Gasteiger partial charge in [-0.2, -0.15) is 0 Å². The molecule has 2 aliphatic carbocycles. The van der Waals surface area contributed by atoms with Crippen molar-refractivity contribution in [2.45, 2.75) is 85.0 Å². The number of imidazole rings is 1. The molecule has 232 valence electrons. The van der Waals surface area contributed by atoms with Gasteiger partial charge in [-0.25, -0.2) is 4.98 Å². The van der Waals surface area contributed by atoms with Gasteiger partial charge in [0, 0.05) is 58.6 Å². The Labute approximate surface area is 272 Å². The lowest BCUT2D eigenvalue weighted by Gasteiger charge is -2.21. The monoisotopic (exact) mass is 604 g/mol. The highest BCUT2D eigenvalue weighted by Crippen LogP contribution is 2.37. The van der Waals surface area contributed by atoms with Crippen LogP contribution in [-0.2, 0) is 38.5 Å². The zero-order chi connectivity index (χ0) is 31.2. The maximum absolute atomic E-state index is 5.21. The highest BCUT2D eigenvalue weighted by molar-refractivity contribution is 5.88. The van der Waals surface area contributed by atoms with Gasteiger partial charge in [0.2, 0.25) is 0 Å². The quantitative estimate of drug-likeness (QED) is 0.167. The number of allylic oxidation sites excluding steroid dienone is 4. The molecule has 0 atom stereocenters. The molecule has 4 nitrogen and oxygen atoms in total. The van der Waals surface area contributed by atoms with Crippen LogP contribution in [0.4, 0.5) is 0 Å². The van der Waals surface area contributed by atoms with E-state index in [0.717, 1.165) is 37.0 Å². The first-order valence-electron chi connectivity index (χ1n) is 17.3. The van der Waals surface area contributed by atoms with E-state index in [0.29, 0.717) is 0 Å². The van der Waals surface area contributed by atoms with Crippen LogP contribution in [0.15, 0.2) is 91.2 Å². The molecule has 8 rings (SSSR count). The number of rotatable bonds is 7. The predicted molar refractivity (Wildman–Crippen MR) is 191 cm³/mol. The van der Waals surface area contributed by atoms with E-state index in [1.54, 1.807) is 11.1 Å². The Morgan fingerprint density at radius 3 is 2.30 bits per heavy atom. The zero-order valence-corrected chi connectivity index (χ0v) is 27.5. The molecule has 0 aliphatic heterocycles. The minimum absolute atomic E-state index is 0.790. The van der Waals surface area contributed by atoms with Gasteiger partial charge in [0.05, 0.1) is 11.2 Å². The smallest absolute Gasteiger partial charge is 0.137 e. The predicted octanol–water partition coefficient (Wildman–Crippen LogP) is 9.71. The van der Waals surface area contributed by atoms with Crippen LogP contribution >= 0.6 is 0 Å². The van der Waals surface area contributed by atoms with E-state index < -0.39 is 0 Å². The molecule has 0 saturated heterocycles. The second kappa shape index (κ2) is 12.0. The molecule has 0 saturated carbocycles.